The molecule has 4 fully saturated rings. The van der Waals surface area contributed by atoms with Crippen LogP contribution < -0.4 is 49.1 Å². The van der Waals surface area contributed by atoms with Gasteiger partial charge in [0.2, 0.25) is 24.3 Å². The molecule has 32 heteroatoms. The van der Waals surface area contributed by atoms with E-state index >= 15 is 0 Å². The number of aryl methyl sites for hydroxylation is 4. The molecular formula is C89H100BrN11O19S. The molecule has 4 saturated heterocycles. The average molecular weight is 1740 g/mol. The zero-order chi connectivity index (χ0) is 89.6. The highest BCUT2D eigenvalue weighted by atomic mass is 79.9. The Balaban J connectivity index is 0.000000226. The fourth-order valence-electron chi connectivity index (χ4n) is 13.0. The summed E-state index contributed by atoms with van der Waals surface area (Å²) in [7, 11) is 6.15. The summed E-state index contributed by atoms with van der Waals surface area (Å²) in [5.41, 5.74) is 22.4. The van der Waals surface area contributed by atoms with Crippen molar-refractivity contribution in [2.75, 3.05) is 84.7 Å². The van der Waals surface area contributed by atoms with Gasteiger partial charge in [-0.2, -0.15) is 5.26 Å². The molecule has 4 aliphatic heterocycles. The van der Waals surface area contributed by atoms with Crippen molar-refractivity contribution in [3.05, 3.63) is 259 Å². The van der Waals surface area contributed by atoms with Crippen LogP contribution in [-0.4, -0.2) is 156 Å². The Labute approximate surface area is 714 Å². The number of benzene rings is 7. The number of methoxy groups -OCH3 is 5. The number of nitriles is 1. The molecule has 0 aliphatic carbocycles. The molecule has 5 heterocycles. The number of nitrogens with zero attached hydrogens (tertiary/aromatic N) is 2. The van der Waals surface area contributed by atoms with Crippen molar-refractivity contribution < 1.29 is 91.1 Å². The van der Waals surface area contributed by atoms with Crippen LogP contribution in [0.4, 0.5) is 16.2 Å². The van der Waals surface area contributed by atoms with E-state index in [4.69, 9.17) is 53.1 Å². The Morgan fingerprint density at radius 2 is 1.02 bits per heavy atom. The van der Waals surface area contributed by atoms with E-state index in [2.05, 4.69) is 62.1 Å². The second-order valence-corrected chi connectivity index (χ2v) is 30.6. The lowest BCUT2D eigenvalue weighted by Gasteiger charge is -2.30. The van der Waals surface area contributed by atoms with E-state index in [0.29, 0.717) is 102 Å². The van der Waals surface area contributed by atoms with Crippen molar-refractivity contribution in [2.24, 2.45) is 11.5 Å². The summed E-state index contributed by atoms with van der Waals surface area (Å²) in [5, 5.41) is 35.4. The molecule has 8 aromatic rings. The highest BCUT2D eigenvalue weighted by molar-refractivity contribution is 9.09. The second kappa shape index (κ2) is 44.1. The molecule has 13 N–H and O–H groups in total. The number of carbonyl (C=O) groups excluding carboxylic acids is 11. The number of esters is 5. The van der Waals surface area contributed by atoms with Gasteiger partial charge >= 0.3 is 41.9 Å². The van der Waals surface area contributed by atoms with Crippen molar-refractivity contribution in [3.63, 3.8) is 0 Å². The first-order valence-electron chi connectivity index (χ1n) is 37.8. The number of nitrogens with two attached hydrogens (primary N) is 3. The smallest absolute Gasteiger partial charge is 0.408 e. The number of nitrogens with one attached hydrogen (secondary N) is 6. The standard InChI is InChI=1S/C21H20N4O2S.C16H20N2O5.C14H15NO4.C13H15NO3.C12H14O4.C11H14N2O.C2H2BrN/c22-16-8-5-14(18-2-1-11-28-18)12-17(16)25-19(26)13-3-6-15(7-4-13)21(23)9-10-24-20(21)27;1-15(2,3)23-14(22)18-16(8-9-17-13(16)21)11-6-4-10(5-7-11)12(19)20;1-10-5-7-11(8-6-10)14(9-15-2,12(16)18-3)13(17)19-4;1-9-3-5-10(6-4-9)13(12(16)17-2)7-8-14-11(13)15;1-8-4-6-9(7-5-8)10(11(13)15-2)12(14)16-3;1-8-2-4-9(5-3-8)11(12)6-7-13-10(11)14;3-1-2-4/h1-8,11-12H,9-10,22-23H2,(H,24,27)(H,25,26);4-7H,8-9H2,1-3H3,(H,17,21)(H,18,22)(H,19,20);5-8H,9H2,1,3-4H3;3-6H,7-8H2,1-2H3,(H,14,15);4-7,10H,1-3H3;2-5H,6-7,12H2,1H3,(H,13,14);1H2. The predicted octanol–water partition coefficient (Wildman–Crippen LogP) is 9.97. The van der Waals surface area contributed by atoms with E-state index in [1.165, 1.54) is 65.4 Å². The van der Waals surface area contributed by atoms with Crippen LogP contribution in [0.3, 0.4) is 0 Å². The van der Waals surface area contributed by atoms with Crippen molar-refractivity contribution in [1.29, 1.82) is 5.26 Å². The van der Waals surface area contributed by atoms with Crippen molar-refractivity contribution in [3.8, 4) is 16.5 Å². The van der Waals surface area contributed by atoms with Crippen LogP contribution in [0.2, 0.25) is 0 Å². The maximum Gasteiger partial charge on any atom is 0.408 e. The number of carboxylic acids is 1. The number of hydrogen-bond acceptors (Lipinski definition) is 23. The van der Waals surface area contributed by atoms with E-state index in [1.807, 2.05) is 124 Å². The van der Waals surface area contributed by atoms with E-state index in [1.54, 1.807) is 98.8 Å². The van der Waals surface area contributed by atoms with Gasteiger partial charge in [-0.25, -0.2) is 16.2 Å². The summed E-state index contributed by atoms with van der Waals surface area (Å²) in [4.78, 5) is 147. The third-order valence-corrected chi connectivity index (χ3v) is 21.0. The Bertz CT molecular complexity index is 5040. The van der Waals surface area contributed by atoms with Crippen LogP contribution in [0.1, 0.15) is 129 Å². The molecule has 0 radical (unpaired) electrons. The largest absolute Gasteiger partial charge is 0.478 e. The molecule has 6 amide bonds. The molecule has 12 rings (SSSR count). The summed E-state index contributed by atoms with van der Waals surface area (Å²) in [6.45, 7) is 21.8. The Morgan fingerprint density at radius 1 is 0.579 bits per heavy atom. The lowest BCUT2D eigenvalue weighted by Crippen LogP contribution is -2.52. The Kier molecular flexibility index (Phi) is 35.2. The monoisotopic (exact) mass is 1740 g/mol. The number of amides is 6. The van der Waals surface area contributed by atoms with E-state index in [9.17, 15) is 57.5 Å². The zero-order valence-electron chi connectivity index (χ0n) is 69.2. The van der Waals surface area contributed by atoms with Gasteiger partial charge < -0.3 is 87.5 Å². The predicted molar refractivity (Wildman–Crippen MR) is 457 cm³/mol. The van der Waals surface area contributed by atoms with E-state index in [-0.39, 0.29) is 41.6 Å². The number of rotatable bonds is 17. The molecule has 4 unspecified atom stereocenters. The average Bonchev–Trinajstić information content (AvgIpc) is 1.50. The van der Waals surface area contributed by atoms with E-state index < -0.39 is 80.9 Å². The number of alkyl carbamates (subject to hydrolysis) is 1. The fourth-order valence-corrected chi connectivity index (χ4v) is 13.7. The molecule has 4 aliphatic rings. The third kappa shape index (κ3) is 24.3. The molecule has 4 atom stereocenters. The summed E-state index contributed by atoms with van der Waals surface area (Å²) >= 11 is 4.51. The van der Waals surface area contributed by atoms with Crippen LogP contribution in [0, 0.1) is 45.6 Å². The SMILES string of the molecule is CC(C)(C)OC(=O)NC1(c2ccc(C(=O)O)cc2)CCNC1=O.COC(=O)C(C(=O)OC)c1ccc(C)cc1.COC(=O)C1(c2ccc(C)cc2)CCNC1=O.Cc1ccc(C2(N)CCNC2=O)cc1.N#CCBr.Nc1ccc(-c2cccs2)cc1NC(=O)c1ccc(C2(N)CCNC2=O)cc1.[C-]#[N+]CC(C(=O)OC)(C(=O)OC)c1ccc(C)cc1. The van der Waals surface area contributed by atoms with Crippen molar-refractivity contribution >= 4 is 110 Å². The molecule has 121 heavy (non-hydrogen) atoms. The lowest BCUT2D eigenvalue weighted by atomic mass is 9.79. The van der Waals surface area contributed by atoms with Crippen molar-refractivity contribution in [2.45, 2.75) is 113 Å². The van der Waals surface area contributed by atoms with Crippen molar-refractivity contribution in [1.82, 2.24) is 26.6 Å². The number of nitrogen functional groups attached to an aromatic ring is 1. The topological polar surface area (TPSA) is 459 Å². The first-order valence-corrected chi connectivity index (χ1v) is 39.8. The minimum Gasteiger partial charge on any atom is -0.478 e. The summed E-state index contributed by atoms with van der Waals surface area (Å²) in [6, 6.07) is 53.2. The molecule has 638 valence electrons. The van der Waals surface area contributed by atoms with Crippen LogP contribution in [-0.2, 0) is 99.0 Å². The number of halogens is 1. The zero-order valence-corrected chi connectivity index (χ0v) is 71.6. The molecule has 7 aromatic carbocycles. The summed E-state index contributed by atoms with van der Waals surface area (Å²) in [5.74, 6) is -6.51. The van der Waals surface area contributed by atoms with E-state index in [0.717, 1.165) is 32.7 Å². The minimum absolute atomic E-state index is 0.0682. The van der Waals surface area contributed by atoms with Crippen LogP contribution in [0.15, 0.2) is 181 Å². The highest BCUT2D eigenvalue weighted by Crippen LogP contribution is 2.37. The Morgan fingerprint density at radius 3 is 1.41 bits per heavy atom. The minimum atomic E-state index is -1.72. The number of anilines is 2. The number of carbonyl (C=O) groups is 12. The van der Waals surface area contributed by atoms with Gasteiger partial charge in [0.25, 0.3) is 17.2 Å². The lowest BCUT2D eigenvalue weighted by molar-refractivity contribution is -0.161. The van der Waals surface area contributed by atoms with Gasteiger partial charge in [-0.3, -0.25) is 47.9 Å². The molecule has 0 spiro atoms. The van der Waals surface area contributed by atoms with Gasteiger partial charge in [0.05, 0.1) is 63.9 Å². The van der Waals surface area contributed by atoms with Crippen LogP contribution in [0.5, 0.6) is 0 Å². The van der Waals surface area contributed by atoms with Crippen LogP contribution in [0.25, 0.3) is 15.3 Å². The molecule has 0 saturated carbocycles. The molecule has 0 bridgehead atoms. The van der Waals surface area contributed by atoms with Gasteiger partial charge in [-0.15, -0.1) is 11.3 Å². The number of alkyl halides is 1. The summed E-state index contributed by atoms with van der Waals surface area (Å²) < 4.78 is 28.6. The fraction of sp³-hybridized carbons (Fsp3) is 0.326. The maximum absolute atomic E-state index is 12.7. The molecule has 30 nitrogen and oxygen atoms in total. The van der Waals surface area contributed by atoms with Gasteiger partial charge in [-0.05, 0) is 155 Å². The number of carboxylic acid groups (broad SMARTS) is 1. The first-order chi connectivity index (χ1) is 57.4. The van der Waals surface area contributed by atoms with Crippen LogP contribution >= 0.6 is 27.3 Å². The second-order valence-electron chi connectivity index (χ2n) is 29.1. The summed E-state index contributed by atoms with van der Waals surface area (Å²) in [6.07, 6.45) is 1.31. The highest BCUT2D eigenvalue weighted by Gasteiger charge is 2.55. The first kappa shape index (κ1) is 96.7. The van der Waals surface area contributed by atoms with Gasteiger partial charge in [0, 0.05) is 43.0 Å². The maximum atomic E-state index is 12.7. The number of thiophene rings is 1. The molecule has 1 aromatic heterocycles. The van der Waals surface area contributed by atoms with Gasteiger partial charge in [0.1, 0.15) is 22.2 Å². The quantitative estimate of drug-likeness (QED) is 0.0101. The third-order valence-electron chi connectivity index (χ3n) is 19.8. The number of aromatic carboxylic acids is 1. The Hall–Kier alpha value is -13.1. The van der Waals surface area contributed by atoms with Gasteiger partial charge in [0.15, 0.2) is 11.3 Å². The number of hydrogen-bond donors (Lipinski definition) is 10. The number of ether oxygens (including phenoxy) is 6. The van der Waals surface area contributed by atoms with Gasteiger partial charge in [-0.1, -0.05) is 172 Å². The normalized spacial score (nSPS) is 17.7. The molecular weight excluding hydrogens is 1640 g/mol.